The largest absolute Gasteiger partial charge is 0.478 e. The van der Waals surface area contributed by atoms with Crippen molar-refractivity contribution in [1.29, 1.82) is 0 Å². The molecule has 4 nitrogen and oxygen atoms in total. The minimum absolute atomic E-state index is 0.00571. The number of benzene rings is 1. The molecule has 2 rings (SSSR count). The maximum absolute atomic E-state index is 13.9. The quantitative estimate of drug-likeness (QED) is 0.906. The van der Waals surface area contributed by atoms with E-state index in [0.29, 0.717) is 5.69 Å². The number of rotatable bonds is 2. The van der Waals surface area contributed by atoms with E-state index in [1.807, 2.05) is 13.8 Å². The van der Waals surface area contributed by atoms with E-state index >= 15 is 0 Å². The molecule has 0 atom stereocenters. The molecule has 100 valence electrons. The summed E-state index contributed by atoms with van der Waals surface area (Å²) in [5, 5.41) is 9.31. The van der Waals surface area contributed by atoms with Crippen LogP contribution < -0.4 is 5.43 Å². The third-order valence-corrected chi connectivity index (χ3v) is 3.16. The molecule has 0 aromatic carbocycles. The maximum atomic E-state index is 13.9. The number of carbonyl (C=O) groups is 1. The number of halogens is 1. The van der Waals surface area contributed by atoms with Crippen LogP contribution in [0.25, 0.3) is 11.1 Å². The molecule has 0 amide bonds. The number of carboxylic acid groups (broad SMARTS) is 1. The van der Waals surface area contributed by atoms with Crippen molar-refractivity contribution in [3.63, 3.8) is 0 Å². The zero-order valence-electron chi connectivity index (χ0n) is 10.9. The molecule has 1 aliphatic carbocycles. The van der Waals surface area contributed by atoms with Gasteiger partial charge in [0.15, 0.2) is 5.43 Å². The Kier molecular flexibility index (Phi) is 3.14. The number of hydrogen-bond acceptors (Lipinski definition) is 2. The fourth-order valence-electron chi connectivity index (χ4n) is 2.30. The van der Waals surface area contributed by atoms with E-state index in [-0.39, 0.29) is 22.7 Å². The van der Waals surface area contributed by atoms with Gasteiger partial charge in [-0.3, -0.25) is 4.79 Å². The molecule has 0 aromatic heterocycles. The lowest BCUT2D eigenvalue weighted by Gasteiger charge is -2.21. The van der Waals surface area contributed by atoms with Crippen LogP contribution in [0.3, 0.4) is 0 Å². The van der Waals surface area contributed by atoms with Gasteiger partial charge in [0, 0.05) is 35.1 Å². The summed E-state index contributed by atoms with van der Waals surface area (Å²) in [4.78, 5) is 22.8. The second-order valence-corrected chi connectivity index (χ2v) is 4.76. The maximum Gasteiger partial charge on any atom is 0.338 e. The Morgan fingerprint density at radius 1 is 1.32 bits per heavy atom. The zero-order valence-corrected chi connectivity index (χ0v) is 10.9. The minimum atomic E-state index is -1.16. The van der Waals surface area contributed by atoms with Gasteiger partial charge >= 0.3 is 5.97 Å². The van der Waals surface area contributed by atoms with Crippen molar-refractivity contribution in [3.05, 3.63) is 45.6 Å². The highest BCUT2D eigenvalue weighted by atomic mass is 19.1. The first-order valence-electron chi connectivity index (χ1n) is 5.91. The number of nitrogens with zero attached hydrogens (tertiary/aromatic N) is 1. The van der Waals surface area contributed by atoms with Gasteiger partial charge in [-0.25, -0.2) is 9.18 Å². The molecule has 1 aliphatic heterocycles. The molecular weight excluding hydrogens is 249 g/mol. The highest BCUT2D eigenvalue weighted by molar-refractivity contribution is 5.97. The highest BCUT2D eigenvalue weighted by Crippen LogP contribution is 2.31. The SMILES string of the molecule is Cc1c(C(=O)O)c2cc(=O)cc(F)c-2cn1C(C)C. The van der Waals surface area contributed by atoms with Crippen LogP contribution >= 0.6 is 0 Å². The van der Waals surface area contributed by atoms with Gasteiger partial charge in [0.1, 0.15) is 5.82 Å². The predicted molar refractivity (Wildman–Crippen MR) is 69.4 cm³/mol. The van der Waals surface area contributed by atoms with Crippen molar-refractivity contribution in [1.82, 2.24) is 4.57 Å². The predicted octanol–water partition coefficient (Wildman–Crippen LogP) is 2.68. The molecule has 0 fully saturated rings. The van der Waals surface area contributed by atoms with Crippen molar-refractivity contribution in [2.45, 2.75) is 26.8 Å². The second-order valence-electron chi connectivity index (χ2n) is 4.76. The first-order valence-corrected chi connectivity index (χ1v) is 5.91. The van der Waals surface area contributed by atoms with Gasteiger partial charge in [0.05, 0.1) is 5.56 Å². The fraction of sp³-hybridized carbons (Fsp3) is 0.286. The summed E-state index contributed by atoms with van der Waals surface area (Å²) in [6.45, 7) is 5.41. The summed E-state index contributed by atoms with van der Waals surface area (Å²) in [7, 11) is 0. The topological polar surface area (TPSA) is 59.3 Å². The summed E-state index contributed by atoms with van der Waals surface area (Å²) in [5.41, 5.74) is 0.236. The molecule has 0 saturated carbocycles. The normalized spacial score (nSPS) is 11.2. The molecule has 2 aliphatic rings. The number of aromatic nitrogens is 1. The average molecular weight is 263 g/mol. The molecule has 1 heterocycles. The van der Waals surface area contributed by atoms with Crippen molar-refractivity contribution < 1.29 is 14.3 Å². The van der Waals surface area contributed by atoms with Gasteiger partial charge in [-0.2, -0.15) is 0 Å². The van der Waals surface area contributed by atoms with Crippen LogP contribution in [0.15, 0.2) is 23.1 Å². The second kappa shape index (κ2) is 4.50. The Morgan fingerprint density at radius 2 is 1.95 bits per heavy atom. The standard InChI is InChI=1S/C14H14FNO3/c1-7(2)16-6-11-10(4-9(17)5-12(11)15)13(8(16)3)14(18)19/h4-7H,1-3H3,(H,18,19). The van der Waals surface area contributed by atoms with Crippen LogP contribution in [0, 0.1) is 12.7 Å². The van der Waals surface area contributed by atoms with E-state index in [1.54, 1.807) is 17.7 Å². The number of fused-ring (bicyclic) bond motifs is 1. The smallest absolute Gasteiger partial charge is 0.338 e. The van der Waals surface area contributed by atoms with Crippen LogP contribution in [0.4, 0.5) is 4.39 Å². The van der Waals surface area contributed by atoms with Gasteiger partial charge in [-0.15, -0.1) is 0 Å². The zero-order chi connectivity index (χ0) is 14.3. The molecule has 0 bridgehead atoms. The molecule has 0 unspecified atom stereocenters. The molecule has 19 heavy (non-hydrogen) atoms. The summed E-state index contributed by atoms with van der Waals surface area (Å²) in [5.74, 6) is -1.86. The van der Waals surface area contributed by atoms with E-state index in [1.165, 1.54) is 6.07 Å². The van der Waals surface area contributed by atoms with E-state index < -0.39 is 17.2 Å². The Bertz CT molecular complexity index is 688. The first kappa shape index (κ1) is 13.3. The van der Waals surface area contributed by atoms with E-state index in [9.17, 15) is 19.1 Å². The number of pyridine rings is 1. The number of aromatic carboxylic acids is 1. The monoisotopic (exact) mass is 263 g/mol. The van der Waals surface area contributed by atoms with E-state index in [0.717, 1.165) is 6.07 Å². The van der Waals surface area contributed by atoms with E-state index in [4.69, 9.17) is 0 Å². The Hall–Kier alpha value is -2.17. The molecular formula is C14H14FNO3. The third kappa shape index (κ3) is 2.12. The lowest BCUT2D eigenvalue weighted by molar-refractivity contribution is 0.0695. The molecule has 0 spiro atoms. The molecule has 0 radical (unpaired) electrons. The van der Waals surface area contributed by atoms with Crippen LogP contribution in [0.1, 0.15) is 35.9 Å². The van der Waals surface area contributed by atoms with Gasteiger partial charge in [-0.1, -0.05) is 0 Å². The van der Waals surface area contributed by atoms with Gasteiger partial charge in [-0.05, 0) is 26.8 Å². The minimum Gasteiger partial charge on any atom is -0.478 e. The fourth-order valence-corrected chi connectivity index (χ4v) is 2.30. The van der Waals surface area contributed by atoms with E-state index in [2.05, 4.69) is 0 Å². The van der Waals surface area contributed by atoms with Gasteiger partial charge < -0.3 is 9.67 Å². The van der Waals surface area contributed by atoms with Crippen LogP contribution in [0.5, 0.6) is 0 Å². The Labute approximate surface area is 109 Å². The van der Waals surface area contributed by atoms with Crippen LogP contribution in [-0.4, -0.2) is 15.6 Å². The lowest BCUT2D eigenvalue weighted by Crippen LogP contribution is -2.17. The Balaban J connectivity index is 2.99. The van der Waals surface area contributed by atoms with Crippen molar-refractivity contribution in [2.75, 3.05) is 0 Å². The van der Waals surface area contributed by atoms with Gasteiger partial charge in [0.2, 0.25) is 0 Å². The summed E-state index contributed by atoms with van der Waals surface area (Å²) < 4.78 is 15.6. The summed E-state index contributed by atoms with van der Waals surface area (Å²) >= 11 is 0. The molecule has 1 N–H and O–H groups in total. The first-order chi connectivity index (χ1) is 8.82. The van der Waals surface area contributed by atoms with Crippen LogP contribution in [0.2, 0.25) is 0 Å². The molecule has 0 saturated heterocycles. The number of hydrogen-bond donors (Lipinski definition) is 1. The third-order valence-electron chi connectivity index (χ3n) is 3.16. The molecule has 0 aromatic rings. The summed E-state index contributed by atoms with van der Waals surface area (Å²) in [6, 6.07) is 2.03. The molecule has 5 heteroatoms. The summed E-state index contributed by atoms with van der Waals surface area (Å²) in [6.07, 6.45) is 1.55. The number of carboxylic acids is 1. The van der Waals surface area contributed by atoms with Crippen molar-refractivity contribution in [3.8, 4) is 11.1 Å². The van der Waals surface area contributed by atoms with Crippen LogP contribution in [-0.2, 0) is 0 Å². The lowest BCUT2D eigenvalue weighted by atomic mass is 9.96. The average Bonchev–Trinajstić information content (AvgIpc) is 2.26. The Morgan fingerprint density at radius 3 is 2.47 bits per heavy atom. The van der Waals surface area contributed by atoms with Gasteiger partial charge in [0.25, 0.3) is 0 Å². The van der Waals surface area contributed by atoms with Crippen molar-refractivity contribution in [2.24, 2.45) is 0 Å². The van der Waals surface area contributed by atoms with Crippen molar-refractivity contribution >= 4 is 5.97 Å². The highest BCUT2D eigenvalue weighted by Gasteiger charge is 2.23.